The number of rotatable bonds is 2. The van der Waals surface area contributed by atoms with Crippen LogP contribution in [0.3, 0.4) is 0 Å². The van der Waals surface area contributed by atoms with Crippen LogP contribution in [0.25, 0.3) is 11.3 Å². The molecular weight excluding hydrogens is 313 g/mol. The molecular formula is C18H16LiN3O3. The third kappa shape index (κ3) is 5.64. The van der Waals surface area contributed by atoms with Crippen LogP contribution in [0.5, 0.6) is 0 Å². The van der Waals surface area contributed by atoms with E-state index in [0.717, 1.165) is 21.5 Å². The summed E-state index contributed by atoms with van der Waals surface area (Å²) in [5.74, 6) is -0.879. The second-order valence-corrected chi connectivity index (χ2v) is 4.93. The van der Waals surface area contributed by atoms with Crippen LogP contribution in [-0.2, 0) is 0 Å². The van der Waals surface area contributed by atoms with E-state index >= 15 is 0 Å². The first-order valence-electron chi connectivity index (χ1n) is 7.09. The first-order valence-corrected chi connectivity index (χ1v) is 7.09. The number of carbonyl (C=O) groups is 1. The van der Waals surface area contributed by atoms with Gasteiger partial charge in [0.1, 0.15) is 5.56 Å². The molecule has 3 rings (SSSR count). The molecule has 0 amide bonds. The quantitative estimate of drug-likeness (QED) is 0.513. The van der Waals surface area contributed by atoms with Crippen molar-refractivity contribution in [1.29, 1.82) is 0 Å². The molecule has 0 unspecified atom stereocenters. The Bertz CT molecular complexity index is 881. The number of nitrogens with zero attached hydrogens (tertiary/aromatic N) is 3. The predicted octanol–water partition coefficient (Wildman–Crippen LogP) is -0.358. The summed E-state index contributed by atoms with van der Waals surface area (Å²) in [7, 11) is 3.52. The molecule has 6 nitrogen and oxygen atoms in total. The maximum atomic E-state index is 11.2. The molecule has 0 aliphatic rings. The van der Waals surface area contributed by atoms with Crippen molar-refractivity contribution < 1.29 is 28.8 Å². The van der Waals surface area contributed by atoms with Crippen LogP contribution >= 0.6 is 0 Å². The van der Waals surface area contributed by atoms with E-state index < -0.39 is 5.97 Å². The Morgan fingerprint density at radius 1 is 1.16 bits per heavy atom. The van der Waals surface area contributed by atoms with Crippen molar-refractivity contribution in [3.8, 4) is 11.3 Å². The normalized spacial score (nSPS) is 9.32. The van der Waals surface area contributed by atoms with Crippen LogP contribution in [0.2, 0.25) is 0 Å². The minimum absolute atomic E-state index is 0. The fraction of sp³-hybridized carbons (Fsp3) is 0.0556. The topological polar surface area (TPSA) is 85.1 Å². The summed E-state index contributed by atoms with van der Waals surface area (Å²) in [6, 6.07) is 13.5. The number of hydrogen-bond donors (Lipinski definition) is 1. The number of benzene rings is 1. The Balaban J connectivity index is 0.000000270. The third-order valence-electron chi connectivity index (χ3n) is 3.14. The van der Waals surface area contributed by atoms with E-state index in [-0.39, 0.29) is 24.4 Å². The molecule has 1 aromatic carbocycles. The van der Waals surface area contributed by atoms with Gasteiger partial charge < -0.3 is 14.6 Å². The van der Waals surface area contributed by atoms with Gasteiger partial charge in [-0.2, -0.15) is 7.05 Å². The summed E-state index contributed by atoms with van der Waals surface area (Å²) in [5.41, 5.74) is 2.57. The molecule has 0 fully saturated rings. The smallest absolute Gasteiger partial charge is 0.478 e. The van der Waals surface area contributed by atoms with Crippen molar-refractivity contribution in [3.05, 3.63) is 89.5 Å². The number of carboxylic acid groups (broad SMARTS) is 1. The number of hydrogen-bond acceptors (Lipinski definition) is 4. The zero-order chi connectivity index (χ0) is 17.5. The number of pyridine rings is 1. The van der Waals surface area contributed by atoms with Gasteiger partial charge in [-0.25, -0.2) is 9.89 Å². The minimum Gasteiger partial charge on any atom is -0.478 e. The van der Waals surface area contributed by atoms with E-state index in [0.29, 0.717) is 5.56 Å². The van der Waals surface area contributed by atoms with Crippen LogP contribution in [0.1, 0.15) is 15.9 Å². The standard InChI is InChI=1S/C11H10N3O.C7H6O2.Li/c1-8-6-10(15)14(2)13-11(8)9-4-3-5-12-7-9;8-7(9)6-4-2-1-3-5-6;/h3-7H,2H2,1H3;1-5H,(H,8,9);/q-1;;+1. The molecule has 2 heterocycles. The van der Waals surface area contributed by atoms with E-state index in [9.17, 15) is 9.59 Å². The molecule has 25 heavy (non-hydrogen) atoms. The van der Waals surface area contributed by atoms with Crippen LogP contribution in [0.4, 0.5) is 0 Å². The second kappa shape index (κ2) is 9.48. The Hall–Kier alpha value is -2.81. The summed E-state index contributed by atoms with van der Waals surface area (Å²) in [6.07, 6.45) is 3.40. The van der Waals surface area contributed by atoms with Gasteiger partial charge in [0.05, 0.1) is 11.3 Å². The molecule has 0 spiro atoms. The second-order valence-electron chi connectivity index (χ2n) is 4.93. The van der Waals surface area contributed by atoms with E-state index in [1.54, 1.807) is 42.7 Å². The summed E-state index contributed by atoms with van der Waals surface area (Å²) in [6.45, 7) is 1.84. The van der Waals surface area contributed by atoms with Crippen molar-refractivity contribution >= 4 is 5.97 Å². The molecule has 0 radical (unpaired) electrons. The Kier molecular flexibility index (Phi) is 7.67. The van der Waals surface area contributed by atoms with Crippen molar-refractivity contribution in [2.75, 3.05) is 0 Å². The van der Waals surface area contributed by atoms with Crippen molar-refractivity contribution in [2.24, 2.45) is 0 Å². The molecule has 2 aromatic heterocycles. The monoisotopic (exact) mass is 329 g/mol. The summed E-state index contributed by atoms with van der Waals surface area (Å²) in [4.78, 5) is 25.5. The molecule has 0 aliphatic carbocycles. The molecule has 0 bridgehead atoms. The summed E-state index contributed by atoms with van der Waals surface area (Å²) < 4.78 is 1.08. The molecule has 122 valence electrons. The number of aromatic carboxylic acids is 1. The maximum absolute atomic E-state index is 11.2. The van der Waals surface area contributed by atoms with Crippen molar-refractivity contribution in [2.45, 2.75) is 6.92 Å². The number of aromatic nitrogens is 3. The SMILES string of the molecule is O=C(O)c1ccccc1.[CH2-]n1nc(-c2cccnc2)c(C)cc1=O.[Li+]. The third-order valence-corrected chi connectivity index (χ3v) is 3.14. The van der Waals surface area contributed by atoms with Crippen LogP contribution in [-0.4, -0.2) is 25.8 Å². The Labute approximate surface area is 157 Å². The summed E-state index contributed by atoms with van der Waals surface area (Å²) >= 11 is 0. The zero-order valence-electron chi connectivity index (χ0n) is 14.1. The van der Waals surface area contributed by atoms with Gasteiger partial charge in [-0.05, 0) is 36.8 Å². The molecule has 0 saturated heterocycles. The van der Waals surface area contributed by atoms with Crippen molar-refractivity contribution in [3.63, 3.8) is 0 Å². The van der Waals surface area contributed by atoms with E-state index in [1.807, 2.05) is 19.1 Å². The van der Waals surface area contributed by atoms with Gasteiger partial charge in [0.2, 0.25) is 0 Å². The molecule has 7 heteroatoms. The number of aryl methyl sites for hydroxylation is 1. The van der Waals surface area contributed by atoms with Gasteiger partial charge in [0, 0.05) is 18.0 Å². The van der Waals surface area contributed by atoms with Gasteiger partial charge in [0.15, 0.2) is 0 Å². The zero-order valence-corrected chi connectivity index (χ0v) is 14.1. The molecule has 0 saturated carbocycles. The molecule has 0 atom stereocenters. The average Bonchev–Trinajstić information content (AvgIpc) is 2.60. The van der Waals surface area contributed by atoms with Gasteiger partial charge in [-0.3, -0.25) is 4.98 Å². The van der Waals surface area contributed by atoms with E-state index in [4.69, 9.17) is 5.11 Å². The summed E-state index contributed by atoms with van der Waals surface area (Å²) in [5, 5.41) is 12.5. The van der Waals surface area contributed by atoms with E-state index in [2.05, 4.69) is 17.1 Å². The molecule has 3 aromatic rings. The van der Waals surface area contributed by atoms with Gasteiger partial charge in [0.25, 0.3) is 0 Å². The van der Waals surface area contributed by atoms with Crippen LogP contribution < -0.4 is 24.4 Å². The van der Waals surface area contributed by atoms with Crippen LogP contribution in [0.15, 0.2) is 65.7 Å². The molecule has 1 N–H and O–H groups in total. The van der Waals surface area contributed by atoms with E-state index in [1.165, 1.54) is 6.07 Å². The van der Waals surface area contributed by atoms with Gasteiger partial charge in [-0.1, -0.05) is 24.3 Å². The minimum atomic E-state index is -0.879. The average molecular weight is 329 g/mol. The molecule has 0 aliphatic heterocycles. The fourth-order valence-electron chi connectivity index (χ4n) is 1.95. The predicted molar refractivity (Wildman–Crippen MR) is 90.6 cm³/mol. The Morgan fingerprint density at radius 3 is 2.36 bits per heavy atom. The van der Waals surface area contributed by atoms with Gasteiger partial charge >= 0.3 is 24.8 Å². The maximum Gasteiger partial charge on any atom is 1.00 e. The van der Waals surface area contributed by atoms with Crippen molar-refractivity contribution in [1.82, 2.24) is 14.8 Å². The van der Waals surface area contributed by atoms with Gasteiger partial charge in [-0.15, -0.1) is 0 Å². The first kappa shape index (κ1) is 20.2. The fourth-order valence-corrected chi connectivity index (χ4v) is 1.95. The first-order chi connectivity index (χ1) is 11.5. The van der Waals surface area contributed by atoms with Crippen LogP contribution in [0, 0.1) is 14.0 Å². The number of carboxylic acids is 1. The Morgan fingerprint density at radius 2 is 1.84 bits per heavy atom. The largest absolute Gasteiger partial charge is 1.00 e.